The van der Waals surface area contributed by atoms with Gasteiger partial charge in [-0.05, 0) is 42.9 Å². The van der Waals surface area contributed by atoms with Crippen LogP contribution in [-0.4, -0.2) is 44.1 Å². The maximum absolute atomic E-state index is 11.2. The highest BCUT2D eigenvalue weighted by atomic mass is 16.4. The van der Waals surface area contributed by atoms with Gasteiger partial charge in [-0.2, -0.15) is 0 Å². The second-order valence-electron chi connectivity index (χ2n) is 8.61. The van der Waals surface area contributed by atoms with Gasteiger partial charge in [0.1, 0.15) is 5.52 Å². The molecule has 0 radical (unpaired) electrons. The maximum atomic E-state index is 11.2. The highest BCUT2D eigenvalue weighted by molar-refractivity contribution is 5.92. The Labute approximate surface area is 181 Å². The molecule has 2 aromatic rings. The smallest absolute Gasteiger partial charge is 0.335 e. The van der Waals surface area contributed by atoms with Crippen LogP contribution in [0.15, 0.2) is 18.2 Å². The summed E-state index contributed by atoms with van der Waals surface area (Å²) in [6.07, 6.45) is 9.98. The summed E-state index contributed by atoms with van der Waals surface area (Å²) >= 11 is 0. The number of aromatic carboxylic acids is 1. The summed E-state index contributed by atoms with van der Waals surface area (Å²) in [5.74, 6) is 0.459. The molecule has 1 aromatic carbocycles. The fraction of sp³-hybridized carbons (Fsp3) is 0.708. The molecule has 0 aliphatic heterocycles. The van der Waals surface area contributed by atoms with Gasteiger partial charge in [-0.15, -0.1) is 5.10 Å². The monoisotopic (exact) mass is 416 g/mol. The van der Waals surface area contributed by atoms with E-state index in [0.717, 1.165) is 18.6 Å². The van der Waals surface area contributed by atoms with Gasteiger partial charge in [0, 0.05) is 13.1 Å². The van der Waals surface area contributed by atoms with Gasteiger partial charge in [0.2, 0.25) is 0 Å². The van der Waals surface area contributed by atoms with Crippen molar-refractivity contribution in [2.24, 2.45) is 11.8 Å². The van der Waals surface area contributed by atoms with Crippen molar-refractivity contribution in [3.63, 3.8) is 0 Å². The van der Waals surface area contributed by atoms with Crippen LogP contribution in [0.5, 0.6) is 0 Å². The van der Waals surface area contributed by atoms with E-state index in [9.17, 15) is 9.90 Å². The second kappa shape index (κ2) is 12.7. The molecule has 168 valence electrons. The van der Waals surface area contributed by atoms with Crippen molar-refractivity contribution >= 4 is 17.0 Å². The van der Waals surface area contributed by atoms with E-state index in [0.29, 0.717) is 24.0 Å². The van der Waals surface area contributed by atoms with Crippen molar-refractivity contribution in [3.05, 3.63) is 23.8 Å². The molecule has 30 heavy (non-hydrogen) atoms. The van der Waals surface area contributed by atoms with E-state index in [2.05, 4.69) is 42.9 Å². The second-order valence-corrected chi connectivity index (χ2v) is 8.61. The molecule has 6 nitrogen and oxygen atoms in total. The van der Waals surface area contributed by atoms with E-state index in [1.807, 2.05) is 10.7 Å². The molecule has 0 saturated heterocycles. The summed E-state index contributed by atoms with van der Waals surface area (Å²) in [4.78, 5) is 13.8. The Kier molecular flexibility index (Phi) is 10.3. The molecular weight excluding hydrogens is 376 g/mol. The van der Waals surface area contributed by atoms with Gasteiger partial charge in [0.25, 0.3) is 0 Å². The molecule has 2 rings (SSSR count). The first-order valence-corrected chi connectivity index (χ1v) is 11.8. The highest BCUT2D eigenvalue weighted by Crippen LogP contribution is 2.21. The first-order valence-electron chi connectivity index (χ1n) is 11.8. The summed E-state index contributed by atoms with van der Waals surface area (Å²) in [5, 5.41) is 17.8. The van der Waals surface area contributed by atoms with Crippen molar-refractivity contribution in [2.45, 2.75) is 85.7 Å². The van der Waals surface area contributed by atoms with E-state index < -0.39 is 5.97 Å². The number of hydrogen-bond donors (Lipinski definition) is 1. The molecule has 2 unspecified atom stereocenters. The normalized spacial score (nSPS) is 13.8. The quantitative estimate of drug-likeness (QED) is 0.396. The van der Waals surface area contributed by atoms with Crippen LogP contribution >= 0.6 is 0 Å². The fourth-order valence-electron chi connectivity index (χ4n) is 4.15. The number of unbranched alkanes of at least 4 members (excludes halogenated alkanes) is 2. The average Bonchev–Trinajstić information content (AvgIpc) is 3.15. The Morgan fingerprint density at radius 1 is 1.03 bits per heavy atom. The van der Waals surface area contributed by atoms with Crippen LogP contribution in [-0.2, 0) is 6.67 Å². The van der Waals surface area contributed by atoms with Gasteiger partial charge in [0.05, 0.1) is 17.7 Å². The third-order valence-corrected chi connectivity index (χ3v) is 6.21. The molecule has 0 fully saturated rings. The lowest BCUT2D eigenvalue weighted by atomic mass is 9.96. The van der Waals surface area contributed by atoms with E-state index in [1.165, 1.54) is 51.4 Å². The summed E-state index contributed by atoms with van der Waals surface area (Å²) in [5.41, 5.74) is 1.79. The molecule has 0 saturated carbocycles. The van der Waals surface area contributed by atoms with E-state index in [-0.39, 0.29) is 5.56 Å². The number of aromatic nitrogens is 3. The van der Waals surface area contributed by atoms with Gasteiger partial charge < -0.3 is 5.11 Å². The molecular formula is C24H40N4O2. The van der Waals surface area contributed by atoms with Crippen molar-refractivity contribution in [1.29, 1.82) is 0 Å². The zero-order chi connectivity index (χ0) is 21.9. The Morgan fingerprint density at radius 3 is 2.13 bits per heavy atom. The summed E-state index contributed by atoms with van der Waals surface area (Å²) < 4.78 is 1.93. The Hall–Kier alpha value is -1.95. The molecule has 6 heteroatoms. The van der Waals surface area contributed by atoms with Crippen LogP contribution in [0.1, 0.15) is 89.4 Å². The molecule has 0 spiro atoms. The number of hydrogen-bond acceptors (Lipinski definition) is 4. The topological polar surface area (TPSA) is 71.2 Å². The van der Waals surface area contributed by atoms with E-state index in [1.54, 1.807) is 12.1 Å². The molecule has 1 aromatic heterocycles. The number of nitrogens with zero attached hydrogens (tertiary/aromatic N) is 4. The van der Waals surface area contributed by atoms with Crippen LogP contribution in [0.2, 0.25) is 0 Å². The SMILES string of the molecule is CCCCC(CC)CN(CC(CC)CCCC)Cn1nnc2cc(C(=O)O)ccc21. The van der Waals surface area contributed by atoms with Gasteiger partial charge in [0.15, 0.2) is 0 Å². The maximum Gasteiger partial charge on any atom is 0.335 e. The predicted molar refractivity (Wildman–Crippen MR) is 123 cm³/mol. The number of rotatable bonds is 15. The molecule has 1 heterocycles. The molecule has 0 bridgehead atoms. The molecule has 1 N–H and O–H groups in total. The van der Waals surface area contributed by atoms with Crippen molar-refractivity contribution in [2.75, 3.05) is 13.1 Å². The predicted octanol–water partition coefficient (Wildman–Crippen LogP) is 5.82. The van der Waals surface area contributed by atoms with Crippen LogP contribution < -0.4 is 0 Å². The lowest BCUT2D eigenvalue weighted by Gasteiger charge is -2.30. The van der Waals surface area contributed by atoms with Gasteiger partial charge in [-0.25, -0.2) is 9.48 Å². The number of carboxylic acid groups (broad SMARTS) is 1. The van der Waals surface area contributed by atoms with Crippen molar-refractivity contribution in [1.82, 2.24) is 19.9 Å². The first-order chi connectivity index (χ1) is 14.5. The third kappa shape index (κ3) is 7.08. The standard InChI is InChI=1S/C24H40N4O2/c1-5-9-11-19(7-3)16-27(17-20(8-4)12-10-6-2)18-28-23-14-13-21(24(29)30)15-22(23)25-26-28/h13-15,19-20H,5-12,16-18H2,1-4H3,(H,29,30). The Morgan fingerprint density at radius 2 is 1.63 bits per heavy atom. The summed E-state index contributed by atoms with van der Waals surface area (Å²) in [6.45, 7) is 12.0. The number of benzene rings is 1. The molecule has 2 atom stereocenters. The fourth-order valence-corrected chi connectivity index (χ4v) is 4.15. The Bertz CT molecular complexity index is 756. The number of carbonyl (C=O) groups is 1. The third-order valence-electron chi connectivity index (χ3n) is 6.21. The zero-order valence-electron chi connectivity index (χ0n) is 19.3. The van der Waals surface area contributed by atoms with Gasteiger partial charge >= 0.3 is 5.97 Å². The minimum Gasteiger partial charge on any atom is -0.478 e. The Balaban J connectivity index is 2.20. The first kappa shape index (κ1) is 24.3. The van der Waals surface area contributed by atoms with E-state index in [4.69, 9.17) is 0 Å². The van der Waals surface area contributed by atoms with Gasteiger partial charge in [-0.1, -0.05) is 71.4 Å². The van der Waals surface area contributed by atoms with Crippen molar-refractivity contribution in [3.8, 4) is 0 Å². The largest absolute Gasteiger partial charge is 0.478 e. The van der Waals surface area contributed by atoms with Crippen LogP contribution in [0.25, 0.3) is 11.0 Å². The van der Waals surface area contributed by atoms with Gasteiger partial charge in [-0.3, -0.25) is 4.90 Å². The minimum atomic E-state index is -0.934. The van der Waals surface area contributed by atoms with Crippen molar-refractivity contribution < 1.29 is 9.90 Å². The zero-order valence-corrected chi connectivity index (χ0v) is 19.3. The lowest BCUT2D eigenvalue weighted by Crippen LogP contribution is -2.36. The molecule has 0 amide bonds. The lowest BCUT2D eigenvalue weighted by molar-refractivity contribution is 0.0697. The number of carboxylic acids is 1. The molecule has 0 aliphatic rings. The highest BCUT2D eigenvalue weighted by Gasteiger charge is 2.19. The van der Waals surface area contributed by atoms with Crippen LogP contribution in [0.4, 0.5) is 0 Å². The summed E-state index contributed by atoms with van der Waals surface area (Å²) in [6, 6.07) is 5.08. The van der Waals surface area contributed by atoms with Crippen LogP contribution in [0, 0.1) is 11.8 Å². The molecule has 0 aliphatic carbocycles. The minimum absolute atomic E-state index is 0.252. The number of fused-ring (bicyclic) bond motifs is 1. The van der Waals surface area contributed by atoms with E-state index >= 15 is 0 Å². The average molecular weight is 417 g/mol. The van der Waals surface area contributed by atoms with Crippen LogP contribution in [0.3, 0.4) is 0 Å². The summed E-state index contributed by atoms with van der Waals surface area (Å²) in [7, 11) is 0.